The first-order valence-electron chi connectivity index (χ1n) is 7.66. The fourth-order valence-electron chi connectivity index (χ4n) is 2.40. The largest absolute Gasteiger partial charge is 0.344 e. The van der Waals surface area contributed by atoms with Crippen molar-refractivity contribution in [1.29, 1.82) is 0 Å². The standard InChI is InChI=1S/C19H17N3O2/c1-13(14-8-4-2-5-9-14)20-19(24)16-12-17(23)22-18(21-16)15-10-6-3-7-11-15/h2-13H,1H3,(H,20,24)(H,21,22,23). The highest BCUT2D eigenvalue weighted by Crippen LogP contribution is 2.14. The van der Waals surface area contributed by atoms with Gasteiger partial charge in [-0.2, -0.15) is 0 Å². The van der Waals surface area contributed by atoms with Crippen LogP contribution in [0, 0.1) is 0 Å². The van der Waals surface area contributed by atoms with Crippen LogP contribution in [0.2, 0.25) is 0 Å². The Morgan fingerprint density at radius 1 is 1.04 bits per heavy atom. The van der Waals surface area contributed by atoms with Crippen LogP contribution < -0.4 is 10.9 Å². The lowest BCUT2D eigenvalue weighted by Gasteiger charge is -2.14. The molecule has 24 heavy (non-hydrogen) atoms. The molecule has 0 bridgehead atoms. The van der Waals surface area contributed by atoms with Crippen LogP contribution in [0.3, 0.4) is 0 Å². The molecule has 1 unspecified atom stereocenters. The summed E-state index contributed by atoms with van der Waals surface area (Å²) in [6.45, 7) is 1.89. The zero-order valence-corrected chi connectivity index (χ0v) is 13.2. The molecule has 1 atom stereocenters. The fraction of sp³-hybridized carbons (Fsp3) is 0.105. The summed E-state index contributed by atoms with van der Waals surface area (Å²) in [4.78, 5) is 31.2. The summed E-state index contributed by atoms with van der Waals surface area (Å²) >= 11 is 0. The molecule has 5 heteroatoms. The first-order chi connectivity index (χ1) is 11.6. The molecular weight excluding hydrogens is 302 g/mol. The minimum Gasteiger partial charge on any atom is -0.344 e. The van der Waals surface area contributed by atoms with Gasteiger partial charge < -0.3 is 10.3 Å². The van der Waals surface area contributed by atoms with Gasteiger partial charge in [0, 0.05) is 11.6 Å². The third kappa shape index (κ3) is 3.57. The van der Waals surface area contributed by atoms with E-state index >= 15 is 0 Å². The molecule has 0 spiro atoms. The Bertz CT molecular complexity index is 889. The number of nitrogens with one attached hydrogen (secondary N) is 2. The van der Waals surface area contributed by atoms with E-state index in [1.54, 1.807) is 0 Å². The summed E-state index contributed by atoms with van der Waals surface area (Å²) in [5.74, 6) is -0.00440. The maximum absolute atomic E-state index is 12.4. The molecular formula is C19H17N3O2. The first kappa shape index (κ1) is 15.7. The Labute approximate surface area is 139 Å². The smallest absolute Gasteiger partial charge is 0.270 e. The van der Waals surface area contributed by atoms with Gasteiger partial charge in [-0.05, 0) is 12.5 Å². The van der Waals surface area contributed by atoms with Crippen LogP contribution >= 0.6 is 0 Å². The average Bonchev–Trinajstić information content (AvgIpc) is 2.62. The molecule has 1 amide bonds. The Morgan fingerprint density at radius 2 is 1.67 bits per heavy atom. The number of H-pyrrole nitrogens is 1. The van der Waals surface area contributed by atoms with Crippen molar-refractivity contribution in [3.05, 3.63) is 88.3 Å². The van der Waals surface area contributed by atoms with E-state index in [1.165, 1.54) is 6.07 Å². The number of carbonyl (C=O) groups is 1. The normalized spacial score (nSPS) is 11.7. The monoisotopic (exact) mass is 319 g/mol. The van der Waals surface area contributed by atoms with Crippen LogP contribution in [-0.2, 0) is 0 Å². The molecule has 3 rings (SSSR count). The molecule has 0 fully saturated rings. The molecule has 1 heterocycles. The van der Waals surface area contributed by atoms with Crippen molar-refractivity contribution in [1.82, 2.24) is 15.3 Å². The SMILES string of the molecule is CC(NC(=O)c1cc(=O)[nH]c(-c2ccccc2)n1)c1ccccc1. The fourth-order valence-corrected chi connectivity index (χ4v) is 2.40. The number of benzene rings is 2. The van der Waals surface area contributed by atoms with Crippen LogP contribution in [0.5, 0.6) is 0 Å². The van der Waals surface area contributed by atoms with Gasteiger partial charge in [-0.1, -0.05) is 60.7 Å². The number of nitrogens with zero attached hydrogens (tertiary/aromatic N) is 1. The second-order valence-corrected chi connectivity index (χ2v) is 5.45. The predicted molar refractivity (Wildman–Crippen MR) is 92.6 cm³/mol. The molecule has 120 valence electrons. The van der Waals surface area contributed by atoms with Crippen molar-refractivity contribution in [3.63, 3.8) is 0 Å². The lowest BCUT2D eigenvalue weighted by atomic mass is 10.1. The molecule has 3 aromatic rings. The number of carbonyl (C=O) groups excluding carboxylic acids is 1. The highest BCUT2D eigenvalue weighted by molar-refractivity contribution is 5.92. The number of rotatable bonds is 4. The van der Waals surface area contributed by atoms with Crippen molar-refractivity contribution < 1.29 is 4.79 Å². The highest BCUT2D eigenvalue weighted by atomic mass is 16.2. The van der Waals surface area contributed by atoms with Crippen molar-refractivity contribution in [2.45, 2.75) is 13.0 Å². The number of aromatic amines is 1. The van der Waals surface area contributed by atoms with Crippen LogP contribution in [0.4, 0.5) is 0 Å². The molecule has 5 nitrogen and oxygen atoms in total. The van der Waals surface area contributed by atoms with E-state index in [0.29, 0.717) is 5.82 Å². The zero-order chi connectivity index (χ0) is 16.9. The number of amides is 1. The second-order valence-electron chi connectivity index (χ2n) is 5.45. The summed E-state index contributed by atoms with van der Waals surface area (Å²) in [5, 5.41) is 2.86. The minimum atomic E-state index is -0.380. The molecule has 0 aliphatic carbocycles. The van der Waals surface area contributed by atoms with Crippen LogP contribution in [0.25, 0.3) is 11.4 Å². The van der Waals surface area contributed by atoms with Crippen molar-refractivity contribution in [2.24, 2.45) is 0 Å². The van der Waals surface area contributed by atoms with Gasteiger partial charge in [0.05, 0.1) is 6.04 Å². The summed E-state index contributed by atoms with van der Waals surface area (Å²) < 4.78 is 0. The molecule has 0 saturated heterocycles. The van der Waals surface area contributed by atoms with Gasteiger partial charge in [-0.3, -0.25) is 9.59 Å². The van der Waals surface area contributed by atoms with E-state index in [1.807, 2.05) is 67.6 Å². The lowest BCUT2D eigenvalue weighted by Crippen LogP contribution is -2.29. The van der Waals surface area contributed by atoms with E-state index in [-0.39, 0.29) is 23.2 Å². The van der Waals surface area contributed by atoms with E-state index in [9.17, 15) is 9.59 Å². The molecule has 0 aliphatic heterocycles. The summed E-state index contributed by atoms with van der Waals surface area (Å²) in [7, 11) is 0. The van der Waals surface area contributed by atoms with Crippen molar-refractivity contribution >= 4 is 5.91 Å². The minimum absolute atomic E-state index is 0.0976. The summed E-state index contributed by atoms with van der Waals surface area (Å²) in [6, 6.07) is 19.9. The number of hydrogen-bond donors (Lipinski definition) is 2. The molecule has 0 saturated carbocycles. The summed E-state index contributed by atoms with van der Waals surface area (Å²) in [5.41, 5.74) is 1.47. The van der Waals surface area contributed by atoms with E-state index in [4.69, 9.17) is 0 Å². The van der Waals surface area contributed by atoms with Crippen LogP contribution in [-0.4, -0.2) is 15.9 Å². The van der Waals surface area contributed by atoms with Gasteiger partial charge in [-0.15, -0.1) is 0 Å². The van der Waals surface area contributed by atoms with Gasteiger partial charge >= 0.3 is 0 Å². The van der Waals surface area contributed by atoms with Crippen molar-refractivity contribution in [3.8, 4) is 11.4 Å². The Kier molecular flexibility index (Phi) is 4.52. The van der Waals surface area contributed by atoms with Gasteiger partial charge in [0.2, 0.25) is 0 Å². The van der Waals surface area contributed by atoms with E-state index < -0.39 is 0 Å². The molecule has 2 aromatic carbocycles. The molecule has 1 aromatic heterocycles. The van der Waals surface area contributed by atoms with Gasteiger partial charge in [-0.25, -0.2) is 4.98 Å². The van der Waals surface area contributed by atoms with Gasteiger partial charge in [0.15, 0.2) is 0 Å². The first-order valence-corrected chi connectivity index (χ1v) is 7.66. The van der Waals surface area contributed by atoms with Crippen LogP contribution in [0.1, 0.15) is 29.0 Å². The quantitative estimate of drug-likeness (QED) is 0.776. The Balaban J connectivity index is 1.85. The van der Waals surface area contributed by atoms with Crippen molar-refractivity contribution in [2.75, 3.05) is 0 Å². The molecule has 0 radical (unpaired) electrons. The van der Waals surface area contributed by atoms with Gasteiger partial charge in [0.1, 0.15) is 11.5 Å². The van der Waals surface area contributed by atoms with E-state index in [2.05, 4.69) is 15.3 Å². The summed E-state index contributed by atoms with van der Waals surface area (Å²) in [6.07, 6.45) is 0. The third-order valence-electron chi connectivity index (χ3n) is 3.67. The topological polar surface area (TPSA) is 74.8 Å². The number of aromatic nitrogens is 2. The Hall–Kier alpha value is -3.21. The highest BCUT2D eigenvalue weighted by Gasteiger charge is 2.14. The third-order valence-corrected chi connectivity index (χ3v) is 3.67. The van der Waals surface area contributed by atoms with Gasteiger partial charge in [0.25, 0.3) is 11.5 Å². The van der Waals surface area contributed by atoms with Crippen LogP contribution in [0.15, 0.2) is 71.5 Å². The lowest BCUT2D eigenvalue weighted by molar-refractivity contribution is 0.0934. The second kappa shape index (κ2) is 6.91. The Morgan fingerprint density at radius 3 is 2.33 bits per heavy atom. The maximum atomic E-state index is 12.4. The average molecular weight is 319 g/mol. The predicted octanol–water partition coefficient (Wildman–Crippen LogP) is 2.93. The zero-order valence-electron chi connectivity index (χ0n) is 13.2. The molecule has 0 aliphatic rings. The van der Waals surface area contributed by atoms with E-state index in [0.717, 1.165) is 11.1 Å². The number of hydrogen-bond acceptors (Lipinski definition) is 3. The maximum Gasteiger partial charge on any atom is 0.270 e. The molecule has 2 N–H and O–H groups in total.